The van der Waals surface area contributed by atoms with Crippen molar-refractivity contribution in [3.63, 3.8) is 0 Å². The summed E-state index contributed by atoms with van der Waals surface area (Å²) in [7, 11) is 4.19. The Morgan fingerprint density at radius 2 is 1.95 bits per heavy atom. The number of nitrogens with zero attached hydrogens (tertiary/aromatic N) is 2. The third kappa shape index (κ3) is 6.24. The van der Waals surface area contributed by atoms with Crippen molar-refractivity contribution < 1.29 is 4.74 Å². The zero-order valence-corrected chi connectivity index (χ0v) is 13.7. The molecule has 0 bridgehead atoms. The van der Waals surface area contributed by atoms with E-state index in [1.165, 1.54) is 0 Å². The Labute approximate surface area is 123 Å². The van der Waals surface area contributed by atoms with Gasteiger partial charge in [0, 0.05) is 18.8 Å². The minimum atomic E-state index is 0.150. The average molecular weight is 279 g/mol. The lowest BCUT2D eigenvalue weighted by molar-refractivity contribution is 0.242. The Bertz CT molecular complexity index is 381. The first-order chi connectivity index (χ1) is 9.38. The number of rotatable bonds is 8. The highest BCUT2D eigenvalue weighted by atomic mass is 16.5. The summed E-state index contributed by atoms with van der Waals surface area (Å²) in [5.74, 6) is 2.31. The average Bonchev–Trinajstić information content (AvgIpc) is 2.29. The van der Waals surface area contributed by atoms with Gasteiger partial charge in [0.25, 0.3) is 0 Å². The Morgan fingerprint density at radius 3 is 2.50 bits per heavy atom. The molecular formula is C16H29N3O. The fourth-order valence-corrected chi connectivity index (χ4v) is 2.23. The summed E-state index contributed by atoms with van der Waals surface area (Å²) in [4.78, 5) is 6.63. The van der Waals surface area contributed by atoms with Gasteiger partial charge in [-0.05, 0) is 52.4 Å². The molecule has 114 valence electrons. The van der Waals surface area contributed by atoms with Crippen molar-refractivity contribution in [2.45, 2.75) is 46.3 Å². The molecule has 4 nitrogen and oxygen atoms in total. The van der Waals surface area contributed by atoms with Gasteiger partial charge in [0.05, 0.1) is 6.10 Å². The van der Waals surface area contributed by atoms with Crippen molar-refractivity contribution in [2.75, 3.05) is 26.0 Å². The predicted molar refractivity (Wildman–Crippen MR) is 85.4 cm³/mol. The second kappa shape index (κ2) is 8.10. The maximum atomic E-state index is 5.82. The molecule has 0 saturated carbocycles. The highest BCUT2D eigenvalue weighted by Crippen LogP contribution is 2.24. The van der Waals surface area contributed by atoms with Crippen molar-refractivity contribution in [1.29, 1.82) is 0 Å². The van der Waals surface area contributed by atoms with E-state index < -0.39 is 0 Å². The summed E-state index contributed by atoms with van der Waals surface area (Å²) in [6, 6.07) is 4.25. The van der Waals surface area contributed by atoms with Gasteiger partial charge >= 0.3 is 0 Å². The molecule has 0 spiro atoms. The molecule has 0 radical (unpaired) electrons. The Morgan fingerprint density at radius 1 is 1.25 bits per heavy atom. The van der Waals surface area contributed by atoms with Gasteiger partial charge in [0.15, 0.2) is 11.6 Å². The number of ether oxygens (including phenoxy) is 1. The molecule has 0 saturated heterocycles. The second-order valence-electron chi connectivity index (χ2n) is 6.25. The molecule has 0 aliphatic rings. The van der Waals surface area contributed by atoms with Crippen molar-refractivity contribution >= 4 is 5.82 Å². The largest absolute Gasteiger partial charge is 0.487 e. The van der Waals surface area contributed by atoms with Crippen molar-refractivity contribution in [1.82, 2.24) is 9.88 Å². The molecule has 0 amide bonds. The first-order valence-corrected chi connectivity index (χ1v) is 7.41. The SMILES string of the molecule is CC(C)CC(CN(C)C)Nc1ncccc1OC(C)C. The predicted octanol–water partition coefficient (Wildman–Crippen LogP) is 3.26. The molecule has 1 N–H and O–H groups in total. The minimum absolute atomic E-state index is 0.150. The summed E-state index contributed by atoms with van der Waals surface area (Å²) in [5.41, 5.74) is 0. The molecule has 1 aromatic rings. The van der Waals surface area contributed by atoms with E-state index in [9.17, 15) is 0 Å². The molecule has 0 aliphatic heterocycles. The standard InChI is InChI=1S/C16H29N3O/c1-12(2)10-14(11-19(5)6)18-16-15(20-13(3)4)8-7-9-17-16/h7-9,12-14H,10-11H2,1-6H3,(H,17,18). The number of aromatic nitrogens is 1. The third-order valence-electron chi connectivity index (χ3n) is 2.82. The number of nitrogens with one attached hydrogen (secondary N) is 1. The minimum Gasteiger partial charge on any atom is -0.487 e. The van der Waals surface area contributed by atoms with Crippen molar-refractivity contribution in [3.05, 3.63) is 18.3 Å². The fraction of sp³-hybridized carbons (Fsp3) is 0.688. The maximum Gasteiger partial charge on any atom is 0.169 e. The molecule has 1 unspecified atom stereocenters. The zero-order valence-electron chi connectivity index (χ0n) is 13.7. The third-order valence-corrected chi connectivity index (χ3v) is 2.82. The van der Waals surface area contributed by atoms with Crippen LogP contribution in [0, 0.1) is 5.92 Å². The van der Waals surface area contributed by atoms with Gasteiger partial charge in [-0.2, -0.15) is 0 Å². The topological polar surface area (TPSA) is 37.4 Å². The van der Waals surface area contributed by atoms with Gasteiger partial charge < -0.3 is 15.0 Å². The monoisotopic (exact) mass is 279 g/mol. The van der Waals surface area contributed by atoms with Crippen LogP contribution in [0.5, 0.6) is 5.75 Å². The molecule has 20 heavy (non-hydrogen) atoms. The number of hydrogen-bond acceptors (Lipinski definition) is 4. The summed E-state index contributed by atoms with van der Waals surface area (Å²) < 4.78 is 5.82. The first-order valence-electron chi connectivity index (χ1n) is 7.41. The van der Waals surface area contributed by atoms with Crippen LogP contribution in [0.3, 0.4) is 0 Å². The zero-order chi connectivity index (χ0) is 15.1. The highest BCUT2D eigenvalue weighted by Gasteiger charge is 2.15. The maximum absolute atomic E-state index is 5.82. The van der Waals surface area contributed by atoms with E-state index in [0.717, 1.165) is 24.5 Å². The molecule has 0 aromatic carbocycles. The van der Waals surface area contributed by atoms with Gasteiger partial charge in [-0.15, -0.1) is 0 Å². The number of hydrogen-bond donors (Lipinski definition) is 1. The molecule has 1 heterocycles. The fourth-order valence-electron chi connectivity index (χ4n) is 2.23. The first kappa shape index (κ1) is 16.8. The summed E-state index contributed by atoms with van der Waals surface area (Å²) >= 11 is 0. The Kier molecular flexibility index (Phi) is 6.79. The van der Waals surface area contributed by atoms with Crippen LogP contribution in [-0.2, 0) is 0 Å². The van der Waals surface area contributed by atoms with Crippen LogP contribution < -0.4 is 10.1 Å². The molecule has 1 aromatic heterocycles. The summed E-state index contributed by atoms with van der Waals surface area (Å²) in [5, 5.41) is 3.54. The molecule has 0 fully saturated rings. The van der Waals surface area contributed by atoms with E-state index in [1.54, 1.807) is 6.20 Å². The van der Waals surface area contributed by atoms with Crippen LogP contribution in [0.4, 0.5) is 5.82 Å². The number of pyridine rings is 1. The lowest BCUT2D eigenvalue weighted by Crippen LogP contribution is -2.34. The van der Waals surface area contributed by atoms with E-state index in [1.807, 2.05) is 26.0 Å². The normalized spacial score (nSPS) is 13.1. The van der Waals surface area contributed by atoms with Crippen LogP contribution in [-0.4, -0.2) is 42.7 Å². The van der Waals surface area contributed by atoms with Crippen LogP contribution in [0.25, 0.3) is 0 Å². The summed E-state index contributed by atoms with van der Waals surface area (Å²) in [6.45, 7) is 9.53. The van der Waals surface area contributed by atoms with Gasteiger partial charge in [-0.25, -0.2) is 4.98 Å². The quantitative estimate of drug-likeness (QED) is 0.792. The number of anilines is 1. The Hall–Kier alpha value is -1.29. The molecule has 1 atom stereocenters. The van der Waals surface area contributed by atoms with Crippen LogP contribution in [0.1, 0.15) is 34.1 Å². The van der Waals surface area contributed by atoms with Gasteiger partial charge in [-0.1, -0.05) is 13.8 Å². The molecular weight excluding hydrogens is 250 g/mol. The van der Waals surface area contributed by atoms with Gasteiger partial charge in [-0.3, -0.25) is 0 Å². The van der Waals surface area contributed by atoms with E-state index in [-0.39, 0.29) is 6.10 Å². The molecule has 1 rings (SSSR count). The second-order valence-corrected chi connectivity index (χ2v) is 6.25. The molecule has 0 aliphatic carbocycles. The van der Waals surface area contributed by atoms with Crippen LogP contribution >= 0.6 is 0 Å². The smallest absolute Gasteiger partial charge is 0.169 e. The van der Waals surface area contributed by atoms with Gasteiger partial charge in [0.1, 0.15) is 0 Å². The highest BCUT2D eigenvalue weighted by molar-refractivity contribution is 5.50. The number of likely N-dealkylation sites (N-methyl/N-ethyl adjacent to an activating group) is 1. The van der Waals surface area contributed by atoms with Crippen LogP contribution in [0.2, 0.25) is 0 Å². The molecule has 4 heteroatoms. The summed E-state index contributed by atoms with van der Waals surface area (Å²) in [6.07, 6.45) is 3.06. The van der Waals surface area contributed by atoms with Gasteiger partial charge in [0.2, 0.25) is 0 Å². The Balaban J connectivity index is 2.81. The van der Waals surface area contributed by atoms with E-state index in [4.69, 9.17) is 4.74 Å². The van der Waals surface area contributed by atoms with E-state index >= 15 is 0 Å². The lowest BCUT2D eigenvalue weighted by Gasteiger charge is -2.25. The van der Waals surface area contributed by atoms with Crippen molar-refractivity contribution in [3.8, 4) is 5.75 Å². The van der Waals surface area contributed by atoms with Crippen molar-refractivity contribution in [2.24, 2.45) is 5.92 Å². The van der Waals surface area contributed by atoms with E-state index in [0.29, 0.717) is 12.0 Å². The van der Waals surface area contributed by atoms with Crippen LogP contribution in [0.15, 0.2) is 18.3 Å². The lowest BCUT2D eigenvalue weighted by atomic mass is 10.0. The van der Waals surface area contributed by atoms with E-state index in [2.05, 4.69) is 43.1 Å².